The molecule has 0 saturated carbocycles. The first-order chi connectivity index (χ1) is 3.68. The van der Waals surface area contributed by atoms with Gasteiger partial charge in [-0.1, -0.05) is 0 Å². The topological polar surface area (TPSA) is 66.5 Å². The van der Waals surface area contributed by atoms with Crippen LogP contribution in [0.1, 0.15) is 0 Å². The number of hydrogen-bond donors (Lipinski definition) is 3. The predicted molar refractivity (Wildman–Crippen MR) is 31.0 cm³/mol. The van der Waals surface area contributed by atoms with E-state index < -0.39 is 5.41 Å². The van der Waals surface area contributed by atoms with Crippen molar-refractivity contribution in [2.45, 2.75) is 0 Å². The second kappa shape index (κ2) is 3.02. The van der Waals surface area contributed by atoms with E-state index in [9.17, 15) is 0 Å². The van der Waals surface area contributed by atoms with Crippen LogP contribution in [-0.2, 0) is 0 Å². The van der Waals surface area contributed by atoms with Crippen LogP contribution in [0, 0.1) is 12.3 Å². The lowest BCUT2D eigenvalue weighted by Gasteiger charge is -2.20. The molecule has 0 unspecified atom stereocenters. The summed E-state index contributed by atoms with van der Waals surface area (Å²) in [5.41, 5.74) is 4.41. The van der Waals surface area contributed by atoms with Gasteiger partial charge in [0.15, 0.2) is 0 Å². The molecule has 3 heteroatoms. The molecule has 0 spiro atoms. The summed E-state index contributed by atoms with van der Waals surface area (Å²) >= 11 is 0. The lowest BCUT2D eigenvalue weighted by molar-refractivity contribution is 0.0979. The maximum Gasteiger partial charge on any atom is 0.0521 e. The maximum atomic E-state index is 8.48. The van der Waals surface area contributed by atoms with E-state index in [1.54, 1.807) is 0 Å². The van der Waals surface area contributed by atoms with E-state index in [0.29, 0.717) is 0 Å². The average molecular weight is 118 g/mol. The molecule has 1 radical (unpaired) electrons. The van der Waals surface area contributed by atoms with Crippen molar-refractivity contribution in [1.29, 1.82) is 0 Å². The van der Waals surface area contributed by atoms with Gasteiger partial charge in [-0.2, -0.15) is 0 Å². The fourth-order valence-electron chi connectivity index (χ4n) is 0.179. The third-order valence-electron chi connectivity index (χ3n) is 1.10. The highest BCUT2D eigenvalue weighted by molar-refractivity contribution is 4.80. The highest BCUT2D eigenvalue weighted by atomic mass is 16.3. The number of hydrogen-bond acceptors (Lipinski definition) is 3. The number of aliphatic hydroxyl groups is 2. The molecule has 8 heavy (non-hydrogen) atoms. The molecule has 0 aliphatic heterocycles. The molecule has 0 saturated heterocycles. The minimum atomic E-state index is -0.736. The molecule has 0 aromatic heterocycles. The molecule has 0 atom stereocenters. The molecule has 4 N–H and O–H groups in total. The molecule has 0 amide bonds. The molecule has 0 aromatic rings. The van der Waals surface area contributed by atoms with Gasteiger partial charge < -0.3 is 15.9 Å². The van der Waals surface area contributed by atoms with Gasteiger partial charge >= 0.3 is 0 Å². The Morgan fingerprint density at radius 3 is 1.75 bits per heavy atom. The zero-order valence-electron chi connectivity index (χ0n) is 4.80. The van der Waals surface area contributed by atoms with Gasteiger partial charge in [0, 0.05) is 12.0 Å². The smallest absolute Gasteiger partial charge is 0.0521 e. The highest BCUT2D eigenvalue weighted by Crippen LogP contribution is 2.09. The summed E-state index contributed by atoms with van der Waals surface area (Å²) in [5, 5.41) is 17.0. The molecule has 0 heterocycles. The standard InChI is InChI=1S/C5H12NO2/c1-5(2-6,3-7)4-8/h7-8H,1-4,6H2. The Balaban J connectivity index is 3.58. The van der Waals surface area contributed by atoms with Crippen LogP contribution >= 0.6 is 0 Å². The number of rotatable bonds is 3. The van der Waals surface area contributed by atoms with Gasteiger partial charge in [-0.15, -0.1) is 0 Å². The first kappa shape index (κ1) is 7.88. The van der Waals surface area contributed by atoms with Crippen molar-refractivity contribution in [3.05, 3.63) is 6.92 Å². The van der Waals surface area contributed by atoms with E-state index in [2.05, 4.69) is 6.92 Å². The van der Waals surface area contributed by atoms with Gasteiger partial charge in [0.2, 0.25) is 0 Å². The van der Waals surface area contributed by atoms with Gasteiger partial charge in [0.1, 0.15) is 0 Å². The molecule has 0 bridgehead atoms. The van der Waals surface area contributed by atoms with Crippen molar-refractivity contribution in [3.8, 4) is 0 Å². The van der Waals surface area contributed by atoms with Crippen LogP contribution in [0.15, 0.2) is 0 Å². The molecule has 0 rings (SSSR count). The van der Waals surface area contributed by atoms with Crippen LogP contribution in [-0.4, -0.2) is 30.0 Å². The SMILES string of the molecule is [CH2]C(CN)(CO)CO. The van der Waals surface area contributed by atoms with Crippen molar-refractivity contribution >= 4 is 0 Å². The Kier molecular flexibility index (Phi) is 2.97. The van der Waals surface area contributed by atoms with Crippen LogP contribution in [0.4, 0.5) is 0 Å². The van der Waals surface area contributed by atoms with Crippen LogP contribution < -0.4 is 5.73 Å². The third-order valence-corrected chi connectivity index (χ3v) is 1.10. The van der Waals surface area contributed by atoms with Crippen LogP contribution in [0.3, 0.4) is 0 Å². The molecule has 0 aliphatic carbocycles. The maximum absolute atomic E-state index is 8.48. The Bertz CT molecular complexity index is 53.2. The third kappa shape index (κ3) is 1.78. The lowest BCUT2D eigenvalue weighted by Crippen LogP contribution is -2.34. The van der Waals surface area contributed by atoms with Crippen LogP contribution in [0.2, 0.25) is 0 Å². The van der Waals surface area contributed by atoms with E-state index in [1.165, 1.54) is 0 Å². The first-order valence-electron chi connectivity index (χ1n) is 2.45. The summed E-state index contributed by atoms with van der Waals surface area (Å²) in [5.74, 6) is 0. The van der Waals surface area contributed by atoms with E-state index in [1.807, 2.05) is 0 Å². The van der Waals surface area contributed by atoms with Crippen molar-refractivity contribution in [2.24, 2.45) is 11.1 Å². The Hall–Kier alpha value is -0.120. The van der Waals surface area contributed by atoms with E-state index >= 15 is 0 Å². The summed E-state index contributed by atoms with van der Waals surface area (Å²) in [6.45, 7) is 3.38. The van der Waals surface area contributed by atoms with Crippen molar-refractivity contribution in [3.63, 3.8) is 0 Å². The monoisotopic (exact) mass is 118 g/mol. The van der Waals surface area contributed by atoms with Crippen LogP contribution in [0.25, 0.3) is 0 Å². The zero-order chi connectivity index (χ0) is 6.62. The van der Waals surface area contributed by atoms with Gasteiger partial charge in [0.05, 0.1) is 13.2 Å². The summed E-state index contributed by atoms with van der Waals surface area (Å²) in [4.78, 5) is 0. The van der Waals surface area contributed by atoms with Gasteiger partial charge in [-0.25, -0.2) is 0 Å². The average Bonchev–Trinajstić information content (AvgIpc) is 1.87. The minimum Gasteiger partial charge on any atom is -0.396 e. The van der Waals surface area contributed by atoms with Crippen molar-refractivity contribution < 1.29 is 10.2 Å². The second-order valence-electron chi connectivity index (χ2n) is 2.02. The highest BCUT2D eigenvalue weighted by Gasteiger charge is 2.19. The molecule has 3 nitrogen and oxygen atoms in total. The van der Waals surface area contributed by atoms with E-state index in [-0.39, 0.29) is 19.8 Å². The van der Waals surface area contributed by atoms with E-state index in [0.717, 1.165) is 0 Å². The Morgan fingerprint density at radius 1 is 1.38 bits per heavy atom. The molecule has 49 valence electrons. The molecule has 0 fully saturated rings. The minimum absolute atomic E-state index is 0.167. The fraction of sp³-hybridized carbons (Fsp3) is 0.800. The van der Waals surface area contributed by atoms with Crippen molar-refractivity contribution in [1.82, 2.24) is 0 Å². The van der Waals surface area contributed by atoms with Gasteiger partial charge in [-0.05, 0) is 6.92 Å². The largest absolute Gasteiger partial charge is 0.396 e. The van der Waals surface area contributed by atoms with E-state index in [4.69, 9.17) is 15.9 Å². The summed E-state index contributed by atoms with van der Waals surface area (Å²) in [6.07, 6.45) is 0. The summed E-state index contributed by atoms with van der Waals surface area (Å²) < 4.78 is 0. The second-order valence-corrected chi connectivity index (χ2v) is 2.02. The molecular weight excluding hydrogens is 106 g/mol. The van der Waals surface area contributed by atoms with Crippen molar-refractivity contribution in [2.75, 3.05) is 19.8 Å². The Morgan fingerprint density at radius 2 is 1.75 bits per heavy atom. The summed E-state index contributed by atoms with van der Waals surface area (Å²) in [6, 6.07) is 0. The van der Waals surface area contributed by atoms with Gasteiger partial charge in [0.25, 0.3) is 0 Å². The molecular formula is C5H12NO2. The number of aliphatic hydroxyl groups excluding tert-OH is 2. The molecule has 0 aromatic carbocycles. The normalized spacial score (nSPS) is 12.0. The quantitative estimate of drug-likeness (QED) is 0.434. The lowest BCUT2D eigenvalue weighted by atomic mass is 9.94. The summed E-state index contributed by atoms with van der Waals surface area (Å²) in [7, 11) is 0. The van der Waals surface area contributed by atoms with Gasteiger partial charge in [-0.3, -0.25) is 0 Å². The fourth-order valence-corrected chi connectivity index (χ4v) is 0.179. The number of nitrogens with two attached hydrogens (primary N) is 1. The Labute approximate surface area is 49.1 Å². The predicted octanol–water partition coefficient (Wildman–Crippen LogP) is -1.25. The zero-order valence-corrected chi connectivity index (χ0v) is 4.80. The van der Waals surface area contributed by atoms with Crippen LogP contribution in [0.5, 0.6) is 0 Å². The first-order valence-corrected chi connectivity index (χ1v) is 2.45. The molecule has 0 aliphatic rings.